The number of hydrogen-bond donors (Lipinski definition) is 1. The Morgan fingerprint density at radius 2 is 1.96 bits per heavy atom. The number of nitrogens with zero attached hydrogens (tertiary/aromatic N) is 3. The first-order chi connectivity index (χ1) is 12.1. The van der Waals surface area contributed by atoms with Gasteiger partial charge in [0, 0.05) is 29.0 Å². The molecule has 0 fully saturated rings. The summed E-state index contributed by atoms with van der Waals surface area (Å²) in [7, 11) is 3.27. The van der Waals surface area contributed by atoms with Gasteiger partial charge < -0.3 is 15.2 Å². The van der Waals surface area contributed by atoms with Gasteiger partial charge in [0.05, 0.1) is 25.5 Å². The van der Waals surface area contributed by atoms with E-state index in [0.717, 1.165) is 33.5 Å². The van der Waals surface area contributed by atoms with Crippen LogP contribution in [0.15, 0.2) is 34.8 Å². The zero-order valence-corrected chi connectivity index (χ0v) is 15.8. The molecule has 0 amide bonds. The number of methoxy groups -OCH3 is 2. The van der Waals surface area contributed by atoms with Crippen LogP contribution >= 0.6 is 23.1 Å². The molecule has 0 saturated heterocycles. The van der Waals surface area contributed by atoms with Crippen molar-refractivity contribution in [2.45, 2.75) is 17.8 Å². The van der Waals surface area contributed by atoms with Crippen LogP contribution in [0.3, 0.4) is 0 Å². The van der Waals surface area contributed by atoms with E-state index in [9.17, 15) is 0 Å². The molecule has 25 heavy (non-hydrogen) atoms. The van der Waals surface area contributed by atoms with Crippen LogP contribution in [0.25, 0.3) is 10.6 Å². The summed E-state index contributed by atoms with van der Waals surface area (Å²) in [4.78, 5) is 13.3. The second kappa shape index (κ2) is 7.71. The Labute approximate surface area is 154 Å². The molecule has 1 aromatic carbocycles. The van der Waals surface area contributed by atoms with Crippen molar-refractivity contribution in [1.82, 2.24) is 15.0 Å². The lowest BCUT2D eigenvalue weighted by Crippen LogP contribution is -1.96. The number of thioether (sulfide) groups is 1. The quantitative estimate of drug-likeness (QED) is 0.519. The number of aryl methyl sites for hydroxylation is 1. The molecule has 2 heterocycles. The summed E-state index contributed by atoms with van der Waals surface area (Å²) in [5.74, 6) is 2.65. The van der Waals surface area contributed by atoms with Gasteiger partial charge in [-0.3, -0.25) is 0 Å². The van der Waals surface area contributed by atoms with Crippen molar-refractivity contribution in [3.05, 3.63) is 41.0 Å². The number of aromatic nitrogens is 3. The van der Waals surface area contributed by atoms with Crippen LogP contribution in [0.2, 0.25) is 0 Å². The molecule has 8 heteroatoms. The van der Waals surface area contributed by atoms with E-state index in [1.165, 1.54) is 11.8 Å². The first kappa shape index (κ1) is 17.5. The Kier molecular flexibility index (Phi) is 5.40. The highest BCUT2D eigenvalue weighted by atomic mass is 32.2. The topological polar surface area (TPSA) is 83.2 Å². The molecule has 0 aliphatic rings. The normalized spacial score (nSPS) is 10.7. The van der Waals surface area contributed by atoms with Gasteiger partial charge in [-0.15, -0.1) is 11.3 Å². The molecule has 130 valence electrons. The lowest BCUT2D eigenvalue weighted by Gasteiger charge is -2.08. The minimum atomic E-state index is 0.483. The molecule has 0 bridgehead atoms. The van der Waals surface area contributed by atoms with Crippen molar-refractivity contribution >= 4 is 28.9 Å². The minimum absolute atomic E-state index is 0.483. The van der Waals surface area contributed by atoms with Crippen molar-refractivity contribution in [2.24, 2.45) is 0 Å². The summed E-state index contributed by atoms with van der Waals surface area (Å²) in [6.07, 6.45) is 0. The van der Waals surface area contributed by atoms with E-state index < -0.39 is 0 Å². The Morgan fingerprint density at radius 3 is 2.68 bits per heavy atom. The standard InChI is InChI=1S/C17H18N4O2S2/c1-10-6-15(18)21-17(19-10)25-9-11-8-24-16(20-11)13-5-4-12(22-2)7-14(13)23-3/h4-8H,9H2,1-3H3,(H2,18,19,21). The molecule has 0 radical (unpaired) electrons. The summed E-state index contributed by atoms with van der Waals surface area (Å²) >= 11 is 3.09. The number of nitrogen functional groups attached to an aromatic ring is 1. The first-order valence-electron chi connectivity index (χ1n) is 7.50. The summed E-state index contributed by atoms with van der Waals surface area (Å²) in [6, 6.07) is 7.46. The molecule has 0 aliphatic heterocycles. The Hall–Kier alpha value is -2.32. The molecule has 2 aromatic heterocycles. The van der Waals surface area contributed by atoms with Crippen LogP contribution < -0.4 is 15.2 Å². The second-order valence-corrected chi connectivity index (χ2v) is 7.02. The SMILES string of the molecule is COc1ccc(-c2nc(CSc3nc(C)cc(N)n3)cs2)c(OC)c1. The third-order valence-electron chi connectivity index (χ3n) is 3.39. The van der Waals surface area contributed by atoms with Gasteiger partial charge in [-0.2, -0.15) is 0 Å². The molecule has 0 unspecified atom stereocenters. The fourth-order valence-electron chi connectivity index (χ4n) is 2.24. The highest BCUT2D eigenvalue weighted by Crippen LogP contribution is 2.35. The highest BCUT2D eigenvalue weighted by Gasteiger charge is 2.12. The average Bonchev–Trinajstić information content (AvgIpc) is 3.07. The van der Waals surface area contributed by atoms with Crippen LogP contribution in [-0.4, -0.2) is 29.2 Å². The van der Waals surface area contributed by atoms with E-state index in [2.05, 4.69) is 9.97 Å². The van der Waals surface area contributed by atoms with E-state index >= 15 is 0 Å². The fourth-order valence-corrected chi connectivity index (χ4v) is 4.00. The van der Waals surface area contributed by atoms with Gasteiger partial charge in [0.15, 0.2) is 5.16 Å². The van der Waals surface area contributed by atoms with Crippen LogP contribution in [0, 0.1) is 6.92 Å². The third-order valence-corrected chi connectivity index (χ3v) is 5.20. The van der Waals surface area contributed by atoms with Crippen molar-refractivity contribution in [1.29, 1.82) is 0 Å². The number of hydrogen-bond acceptors (Lipinski definition) is 8. The highest BCUT2D eigenvalue weighted by molar-refractivity contribution is 7.98. The summed E-state index contributed by atoms with van der Waals surface area (Å²) in [6.45, 7) is 1.90. The zero-order valence-electron chi connectivity index (χ0n) is 14.1. The molecule has 0 saturated carbocycles. The predicted molar refractivity (Wildman–Crippen MR) is 101 cm³/mol. The summed E-state index contributed by atoms with van der Waals surface area (Å²) < 4.78 is 10.7. The van der Waals surface area contributed by atoms with Gasteiger partial charge in [-0.1, -0.05) is 11.8 Å². The summed E-state index contributed by atoms with van der Waals surface area (Å²) in [5, 5.41) is 3.60. The molecule has 3 aromatic rings. The van der Waals surface area contributed by atoms with Crippen molar-refractivity contribution in [3.63, 3.8) is 0 Å². The van der Waals surface area contributed by atoms with Crippen LogP contribution in [-0.2, 0) is 5.75 Å². The number of rotatable bonds is 6. The van der Waals surface area contributed by atoms with E-state index in [1.54, 1.807) is 31.6 Å². The van der Waals surface area contributed by atoms with Crippen LogP contribution in [0.5, 0.6) is 11.5 Å². The molecule has 3 rings (SSSR count). The second-order valence-electron chi connectivity index (χ2n) is 5.22. The number of ether oxygens (including phenoxy) is 2. The van der Waals surface area contributed by atoms with E-state index in [-0.39, 0.29) is 0 Å². The van der Waals surface area contributed by atoms with Crippen molar-refractivity contribution in [2.75, 3.05) is 20.0 Å². The lowest BCUT2D eigenvalue weighted by atomic mass is 10.2. The molecule has 0 atom stereocenters. The smallest absolute Gasteiger partial charge is 0.190 e. The van der Waals surface area contributed by atoms with E-state index in [1.807, 2.05) is 30.5 Å². The van der Waals surface area contributed by atoms with Crippen LogP contribution in [0.4, 0.5) is 5.82 Å². The van der Waals surface area contributed by atoms with Gasteiger partial charge in [0.1, 0.15) is 22.3 Å². The minimum Gasteiger partial charge on any atom is -0.497 e. The Bertz CT molecular complexity index is 863. The first-order valence-corrected chi connectivity index (χ1v) is 9.36. The zero-order chi connectivity index (χ0) is 17.8. The maximum absolute atomic E-state index is 5.76. The number of thiazole rings is 1. The molecule has 0 spiro atoms. The Balaban J connectivity index is 1.76. The predicted octanol–water partition coefficient (Wildman–Crippen LogP) is 3.80. The maximum atomic E-state index is 5.76. The lowest BCUT2D eigenvalue weighted by molar-refractivity contribution is 0.395. The van der Waals surface area contributed by atoms with E-state index in [4.69, 9.17) is 20.2 Å². The Morgan fingerprint density at radius 1 is 1.12 bits per heavy atom. The maximum Gasteiger partial charge on any atom is 0.190 e. The number of anilines is 1. The van der Waals surface area contributed by atoms with Crippen molar-refractivity contribution in [3.8, 4) is 22.1 Å². The van der Waals surface area contributed by atoms with Gasteiger partial charge >= 0.3 is 0 Å². The van der Waals surface area contributed by atoms with Crippen molar-refractivity contribution < 1.29 is 9.47 Å². The third kappa shape index (κ3) is 4.21. The number of benzene rings is 1. The molecular weight excluding hydrogens is 356 g/mol. The molecule has 6 nitrogen and oxygen atoms in total. The van der Waals surface area contributed by atoms with Gasteiger partial charge in [-0.25, -0.2) is 15.0 Å². The van der Waals surface area contributed by atoms with Gasteiger partial charge in [0.25, 0.3) is 0 Å². The summed E-state index contributed by atoms with van der Waals surface area (Å²) in [5.41, 5.74) is 8.53. The number of nitrogens with two attached hydrogens (primary N) is 1. The molecule has 2 N–H and O–H groups in total. The fraction of sp³-hybridized carbons (Fsp3) is 0.235. The molecular formula is C17H18N4O2S2. The monoisotopic (exact) mass is 374 g/mol. The van der Waals surface area contributed by atoms with E-state index in [0.29, 0.717) is 16.7 Å². The van der Waals surface area contributed by atoms with Crippen LogP contribution in [0.1, 0.15) is 11.4 Å². The molecule has 0 aliphatic carbocycles. The average molecular weight is 374 g/mol. The largest absolute Gasteiger partial charge is 0.497 e. The van der Waals surface area contributed by atoms with Gasteiger partial charge in [-0.05, 0) is 19.1 Å². The van der Waals surface area contributed by atoms with Gasteiger partial charge in [0.2, 0.25) is 0 Å².